The van der Waals surface area contributed by atoms with Crippen molar-refractivity contribution in [3.8, 4) is 0 Å². The second kappa shape index (κ2) is 5.86. The van der Waals surface area contributed by atoms with Crippen molar-refractivity contribution in [2.75, 3.05) is 31.6 Å². The second-order valence-electron chi connectivity index (χ2n) is 7.05. The monoisotopic (exact) mass is 353 g/mol. The van der Waals surface area contributed by atoms with Crippen molar-refractivity contribution in [3.63, 3.8) is 0 Å². The van der Waals surface area contributed by atoms with Gasteiger partial charge in [0.1, 0.15) is 0 Å². The zero-order chi connectivity index (χ0) is 18.6. The van der Waals surface area contributed by atoms with Crippen LogP contribution in [0.5, 0.6) is 0 Å². The smallest absolute Gasteiger partial charge is 0.325 e. The van der Waals surface area contributed by atoms with Gasteiger partial charge in [0, 0.05) is 32.4 Å². The average molecular weight is 353 g/mol. The molecule has 136 valence electrons. The first-order chi connectivity index (χ1) is 12.4. The van der Waals surface area contributed by atoms with Crippen LogP contribution in [0.3, 0.4) is 0 Å². The van der Waals surface area contributed by atoms with E-state index in [1.807, 2.05) is 4.90 Å². The molecule has 0 aliphatic carbocycles. The van der Waals surface area contributed by atoms with Gasteiger partial charge in [-0.2, -0.15) is 0 Å². The van der Waals surface area contributed by atoms with Crippen LogP contribution >= 0.6 is 0 Å². The number of likely N-dealkylation sites (N-methyl/N-ethyl adjacent to an activating group) is 1. The molecular weight excluding hydrogens is 330 g/mol. The Balaban J connectivity index is 1.70. The molecule has 7 nitrogen and oxygen atoms in total. The number of fused-ring (bicyclic) bond motifs is 3. The Morgan fingerprint density at radius 1 is 1.27 bits per heavy atom. The van der Waals surface area contributed by atoms with Crippen molar-refractivity contribution in [1.82, 2.24) is 14.7 Å². The molecule has 26 heavy (non-hydrogen) atoms. The molecule has 0 aromatic heterocycles. The molecule has 0 saturated carbocycles. The Hall–Kier alpha value is -2.83. The van der Waals surface area contributed by atoms with Gasteiger partial charge in [-0.3, -0.25) is 9.69 Å². The van der Waals surface area contributed by atoms with E-state index in [0.717, 1.165) is 18.2 Å². The van der Waals surface area contributed by atoms with Crippen LogP contribution in [0.2, 0.25) is 0 Å². The van der Waals surface area contributed by atoms with Gasteiger partial charge in [-0.15, -0.1) is 6.58 Å². The second-order valence-corrected chi connectivity index (χ2v) is 7.05. The highest BCUT2D eigenvalue weighted by Crippen LogP contribution is 2.34. The largest absolute Gasteiger partial charge is 0.328 e. The van der Waals surface area contributed by atoms with E-state index >= 15 is 0 Å². The topological polar surface area (TPSA) is 59.5 Å². The summed E-state index contributed by atoms with van der Waals surface area (Å²) in [6.07, 6.45) is 1.10. The summed E-state index contributed by atoms with van der Waals surface area (Å²) in [5.41, 5.74) is 3.48. The molecule has 1 aromatic rings. The van der Waals surface area contributed by atoms with Crippen molar-refractivity contribution in [1.29, 1.82) is 0 Å². The van der Waals surface area contributed by atoms with Crippen LogP contribution in [0, 0.1) is 13.8 Å². The molecule has 0 radical (unpaired) electrons. The zero-order valence-corrected chi connectivity index (χ0v) is 15.3. The molecule has 2 unspecified atom stereocenters. The SMILES string of the molecule is C=CCN1C(=O)C2C(N=C3N(c4ccc(C)cc4C)CCN32)N(C)C1=O. The summed E-state index contributed by atoms with van der Waals surface area (Å²) in [5.74, 6) is 0.583. The molecule has 2 atom stereocenters. The number of amides is 3. The van der Waals surface area contributed by atoms with Crippen LogP contribution in [0.25, 0.3) is 0 Å². The molecule has 7 heteroatoms. The minimum absolute atomic E-state index is 0.195. The quantitative estimate of drug-likeness (QED) is 0.774. The maximum atomic E-state index is 12.9. The van der Waals surface area contributed by atoms with E-state index in [9.17, 15) is 9.59 Å². The maximum Gasteiger partial charge on any atom is 0.328 e. The van der Waals surface area contributed by atoms with Crippen LogP contribution < -0.4 is 4.90 Å². The Morgan fingerprint density at radius 2 is 2.04 bits per heavy atom. The maximum absolute atomic E-state index is 12.9. The minimum atomic E-state index is -0.473. The number of carbonyl (C=O) groups excluding carboxylic acids is 2. The van der Waals surface area contributed by atoms with Crippen molar-refractivity contribution >= 4 is 23.6 Å². The van der Waals surface area contributed by atoms with E-state index in [1.165, 1.54) is 16.0 Å². The fraction of sp³-hybridized carbons (Fsp3) is 0.421. The van der Waals surface area contributed by atoms with Gasteiger partial charge < -0.3 is 14.7 Å². The standard InChI is InChI=1S/C19H23N5O2/c1-5-8-24-17(25)15-16(21(4)19(24)26)20-18-22(9-10-23(15)18)14-7-6-12(2)11-13(14)3/h5-7,11,15-16H,1,8-10H2,2-4H3. The Labute approximate surface area is 153 Å². The number of hydrogen-bond acceptors (Lipinski definition) is 5. The summed E-state index contributed by atoms with van der Waals surface area (Å²) < 4.78 is 0. The molecule has 0 N–H and O–H groups in total. The van der Waals surface area contributed by atoms with Crippen LogP contribution in [-0.4, -0.2) is 71.5 Å². The first-order valence-electron chi connectivity index (χ1n) is 8.82. The Kier molecular flexibility index (Phi) is 3.75. The highest BCUT2D eigenvalue weighted by atomic mass is 16.2. The first-order valence-corrected chi connectivity index (χ1v) is 8.82. The van der Waals surface area contributed by atoms with E-state index in [2.05, 4.69) is 43.5 Å². The molecule has 2 saturated heterocycles. The number of aliphatic imine (C=N–C) groups is 1. The van der Waals surface area contributed by atoms with Crippen molar-refractivity contribution in [2.24, 2.45) is 4.99 Å². The van der Waals surface area contributed by atoms with Gasteiger partial charge in [-0.1, -0.05) is 23.8 Å². The molecule has 2 fully saturated rings. The van der Waals surface area contributed by atoms with Crippen molar-refractivity contribution in [2.45, 2.75) is 26.1 Å². The summed E-state index contributed by atoms with van der Waals surface area (Å²) in [4.78, 5) is 37.2. The molecule has 0 bridgehead atoms. The van der Waals surface area contributed by atoms with Crippen molar-refractivity contribution < 1.29 is 9.59 Å². The van der Waals surface area contributed by atoms with Gasteiger partial charge in [0.05, 0.1) is 0 Å². The van der Waals surface area contributed by atoms with E-state index in [4.69, 9.17) is 4.99 Å². The molecule has 3 heterocycles. The van der Waals surface area contributed by atoms with Crippen LogP contribution in [0.1, 0.15) is 11.1 Å². The lowest BCUT2D eigenvalue weighted by Gasteiger charge is -2.40. The number of hydrogen-bond donors (Lipinski definition) is 0. The van der Waals surface area contributed by atoms with Crippen LogP contribution in [-0.2, 0) is 4.79 Å². The molecule has 1 aromatic carbocycles. The summed E-state index contributed by atoms with van der Waals surface area (Å²) in [6, 6.07) is 5.55. The van der Waals surface area contributed by atoms with Gasteiger partial charge in [-0.05, 0) is 25.5 Å². The van der Waals surface area contributed by atoms with Crippen molar-refractivity contribution in [3.05, 3.63) is 42.0 Å². The fourth-order valence-electron chi connectivity index (χ4n) is 4.07. The number of anilines is 1. The molecule has 4 rings (SSSR count). The third kappa shape index (κ3) is 2.23. The minimum Gasteiger partial charge on any atom is -0.325 e. The van der Waals surface area contributed by atoms with E-state index < -0.39 is 12.2 Å². The van der Waals surface area contributed by atoms with Gasteiger partial charge in [-0.25, -0.2) is 9.79 Å². The number of benzene rings is 1. The van der Waals surface area contributed by atoms with Gasteiger partial charge in [0.15, 0.2) is 12.2 Å². The lowest BCUT2D eigenvalue weighted by Crippen LogP contribution is -2.64. The molecular formula is C19H23N5O2. The van der Waals surface area contributed by atoms with Gasteiger partial charge >= 0.3 is 6.03 Å². The van der Waals surface area contributed by atoms with E-state index in [1.54, 1.807) is 18.0 Å². The third-order valence-electron chi connectivity index (χ3n) is 5.33. The first kappa shape index (κ1) is 16.6. The Morgan fingerprint density at radius 3 is 2.73 bits per heavy atom. The molecule has 3 amide bonds. The fourth-order valence-corrected chi connectivity index (χ4v) is 4.07. The number of carbonyl (C=O) groups is 2. The van der Waals surface area contributed by atoms with E-state index in [-0.39, 0.29) is 18.5 Å². The molecule has 3 aliphatic rings. The van der Waals surface area contributed by atoms with E-state index in [0.29, 0.717) is 6.54 Å². The summed E-state index contributed by atoms with van der Waals surface area (Å²) in [5, 5.41) is 0. The normalized spacial score (nSPS) is 24.8. The van der Waals surface area contributed by atoms with Gasteiger partial charge in [0.25, 0.3) is 5.91 Å². The summed E-state index contributed by atoms with van der Waals surface area (Å²) in [6.45, 7) is 9.51. The van der Waals surface area contributed by atoms with Crippen LogP contribution in [0.15, 0.2) is 35.8 Å². The molecule has 3 aliphatic heterocycles. The average Bonchev–Trinajstić information content (AvgIpc) is 3.16. The number of aryl methyl sites for hydroxylation is 2. The highest BCUT2D eigenvalue weighted by molar-refractivity contribution is 6.08. The third-order valence-corrected chi connectivity index (χ3v) is 5.33. The molecule has 0 spiro atoms. The number of nitrogens with zero attached hydrogens (tertiary/aromatic N) is 5. The number of urea groups is 1. The summed E-state index contributed by atoms with van der Waals surface area (Å²) in [7, 11) is 1.70. The summed E-state index contributed by atoms with van der Waals surface area (Å²) >= 11 is 0. The van der Waals surface area contributed by atoms with Crippen LogP contribution in [0.4, 0.5) is 10.5 Å². The Bertz CT molecular complexity index is 833. The lowest BCUT2D eigenvalue weighted by molar-refractivity contribution is -0.136. The predicted molar refractivity (Wildman–Crippen MR) is 100 cm³/mol. The predicted octanol–water partition coefficient (Wildman–Crippen LogP) is 1.57. The number of imide groups is 1. The number of rotatable bonds is 3. The highest BCUT2D eigenvalue weighted by Gasteiger charge is 2.54. The number of guanidine groups is 1. The lowest BCUT2D eigenvalue weighted by atomic mass is 10.1. The van der Waals surface area contributed by atoms with Gasteiger partial charge in [0.2, 0.25) is 5.96 Å². The zero-order valence-electron chi connectivity index (χ0n) is 15.3.